The van der Waals surface area contributed by atoms with Gasteiger partial charge in [-0.2, -0.15) is 0 Å². The lowest BCUT2D eigenvalue weighted by Crippen LogP contribution is -2.59. The molecule has 0 spiro atoms. The predicted octanol–water partition coefficient (Wildman–Crippen LogP) is 4.77. The number of hydrogen-bond acceptors (Lipinski definition) is 5. The van der Waals surface area contributed by atoms with E-state index < -0.39 is 53.5 Å². The highest BCUT2D eigenvalue weighted by Gasteiger charge is 2.44. The molecule has 0 aliphatic rings. The van der Waals surface area contributed by atoms with E-state index >= 15 is 0 Å². The summed E-state index contributed by atoms with van der Waals surface area (Å²) in [6.45, 7) is 14.4. The summed E-state index contributed by atoms with van der Waals surface area (Å²) in [7, 11) is 0. The van der Waals surface area contributed by atoms with Gasteiger partial charge in [0.25, 0.3) is 5.91 Å². The van der Waals surface area contributed by atoms with Crippen molar-refractivity contribution in [3.63, 3.8) is 0 Å². The maximum absolute atomic E-state index is 14.3. The van der Waals surface area contributed by atoms with Crippen LogP contribution >= 0.6 is 0 Å². The van der Waals surface area contributed by atoms with Gasteiger partial charge in [0.15, 0.2) is 0 Å². The number of nitrogens with zero attached hydrogens (tertiary/aromatic N) is 1. The molecule has 2 unspecified atom stereocenters. The minimum absolute atomic E-state index is 0.427. The molecular formula is C30H42N4O5. The van der Waals surface area contributed by atoms with E-state index in [1.54, 1.807) is 39.0 Å². The first kappa shape index (κ1) is 31.3. The lowest BCUT2D eigenvalue weighted by molar-refractivity contribution is -0.148. The molecule has 0 saturated carbocycles. The third-order valence-corrected chi connectivity index (χ3v) is 6.54. The number of ether oxygens (including phenoxy) is 1. The van der Waals surface area contributed by atoms with Crippen LogP contribution in [0.15, 0.2) is 48.5 Å². The zero-order valence-electron chi connectivity index (χ0n) is 24.3. The number of aryl methyl sites for hydroxylation is 2. The maximum atomic E-state index is 14.3. The highest BCUT2D eigenvalue weighted by molar-refractivity contribution is 6.00. The lowest BCUT2D eigenvalue weighted by Gasteiger charge is -2.44. The molecule has 2 aromatic carbocycles. The minimum Gasteiger partial charge on any atom is -0.444 e. The Labute approximate surface area is 231 Å². The summed E-state index contributed by atoms with van der Waals surface area (Å²) in [5, 5.41) is 5.50. The van der Waals surface area contributed by atoms with Gasteiger partial charge >= 0.3 is 6.09 Å². The number of primary amides is 1. The van der Waals surface area contributed by atoms with Gasteiger partial charge in [-0.3, -0.25) is 14.4 Å². The summed E-state index contributed by atoms with van der Waals surface area (Å²) in [4.78, 5) is 54.5. The zero-order chi connectivity index (χ0) is 29.5. The molecule has 0 saturated heterocycles. The summed E-state index contributed by atoms with van der Waals surface area (Å²) in [6.07, 6.45) is -0.851. The number of carbonyl (C=O) groups is 4. The van der Waals surface area contributed by atoms with Gasteiger partial charge in [-0.1, -0.05) is 49.4 Å². The fraction of sp³-hybridized carbons (Fsp3) is 0.467. The first-order valence-corrected chi connectivity index (χ1v) is 13.1. The number of carbonyl (C=O) groups excluding carboxylic acids is 4. The van der Waals surface area contributed by atoms with E-state index in [9.17, 15) is 19.2 Å². The smallest absolute Gasteiger partial charge is 0.408 e. The second-order valence-electron chi connectivity index (χ2n) is 11.3. The Morgan fingerprint density at radius 2 is 1.49 bits per heavy atom. The van der Waals surface area contributed by atoms with Crippen LogP contribution in [0.25, 0.3) is 0 Å². The summed E-state index contributed by atoms with van der Waals surface area (Å²) in [6, 6.07) is 12.3. The Morgan fingerprint density at radius 3 is 2.00 bits per heavy atom. The Balaban J connectivity index is 2.67. The van der Waals surface area contributed by atoms with Crippen LogP contribution in [0.5, 0.6) is 0 Å². The van der Waals surface area contributed by atoms with Crippen molar-refractivity contribution in [2.75, 3.05) is 5.32 Å². The Morgan fingerprint density at radius 1 is 0.923 bits per heavy atom. The summed E-state index contributed by atoms with van der Waals surface area (Å²) >= 11 is 0. The van der Waals surface area contributed by atoms with Crippen molar-refractivity contribution >= 4 is 29.5 Å². The second-order valence-corrected chi connectivity index (χ2v) is 11.3. The first-order chi connectivity index (χ1) is 18.1. The fourth-order valence-corrected chi connectivity index (χ4v) is 4.17. The molecule has 2 atom stereocenters. The van der Waals surface area contributed by atoms with E-state index in [1.165, 1.54) is 4.90 Å². The molecule has 2 aromatic rings. The number of nitrogens with one attached hydrogen (secondary N) is 2. The monoisotopic (exact) mass is 538 g/mol. The lowest BCUT2D eigenvalue weighted by atomic mass is 9.90. The van der Waals surface area contributed by atoms with Crippen molar-refractivity contribution in [2.24, 2.45) is 5.73 Å². The molecule has 0 bridgehead atoms. The summed E-state index contributed by atoms with van der Waals surface area (Å²) < 4.78 is 5.34. The Bertz CT molecular complexity index is 1200. The van der Waals surface area contributed by atoms with Crippen LogP contribution in [-0.2, 0) is 19.1 Å². The number of anilines is 1. The number of nitrogens with two attached hydrogens (primary N) is 1. The van der Waals surface area contributed by atoms with Gasteiger partial charge in [0.05, 0.1) is 6.42 Å². The van der Waals surface area contributed by atoms with E-state index in [0.717, 1.165) is 11.1 Å². The molecule has 0 heterocycles. The molecule has 0 aliphatic heterocycles. The van der Waals surface area contributed by atoms with E-state index in [2.05, 4.69) is 10.6 Å². The standard InChI is InChI=1S/C30H42N4O5/c1-9-30(7,8)34(27(37)23(18-24(31)35)33-28(38)39-29(4,5)6)25(21-16-12-10-14-19(21)2)26(36)32-22-17-13-11-15-20(22)3/h10-17,23,25H,9,18H2,1-8H3,(H2,31,35)(H,32,36)(H,33,38). The molecule has 0 aromatic heterocycles. The first-order valence-electron chi connectivity index (χ1n) is 13.1. The number of benzene rings is 2. The Kier molecular flexibility index (Phi) is 10.3. The number of alkyl carbamates (subject to hydrolysis) is 1. The number of para-hydroxylation sites is 1. The van der Waals surface area contributed by atoms with E-state index in [1.807, 2.05) is 65.0 Å². The number of amides is 4. The van der Waals surface area contributed by atoms with Crippen LogP contribution in [0.3, 0.4) is 0 Å². The predicted molar refractivity (Wildman–Crippen MR) is 152 cm³/mol. The van der Waals surface area contributed by atoms with Gasteiger partial charge in [0, 0.05) is 11.2 Å². The number of rotatable bonds is 10. The van der Waals surface area contributed by atoms with Crippen LogP contribution in [0.1, 0.15) is 77.1 Å². The van der Waals surface area contributed by atoms with Crippen LogP contribution < -0.4 is 16.4 Å². The third-order valence-electron chi connectivity index (χ3n) is 6.54. The molecule has 4 amide bonds. The van der Waals surface area contributed by atoms with E-state index in [-0.39, 0.29) is 0 Å². The van der Waals surface area contributed by atoms with Crippen LogP contribution in [0.4, 0.5) is 10.5 Å². The van der Waals surface area contributed by atoms with Crippen molar-refractivity contribution in [3.05, 3.63) is 65.2 Å². The number of hydrogen-bond donors (Lipinski definition) is 3. The van der Waals surface area contributed by atoms with Crippen molar-refractivity contribution in [2.45, 2.75) is 91.5 Å². The summed E-state index contributed by atoms with van der Waals surface area (Å²) in [5.74, 6) is -1.83. The zero-order valence-corrected chi connectivity index (χ0v) is 24.3. The minimum atomic E-state index is -1.35. The average molecular weight is 539 g/mol. The molecule has 39 heavy (non-hydrogen) atoms. The van der Waals surface area contributed by atoms with Crippen LogP contribution in [0, 0.1) is 13.8 Å². The van der Waals surface area contributed by atoms with Crippen LogP contribution in [-0.4, -0.2) is 45.9 Å². The van der Waals surface area contributed by atoms with Crippen molar-refractivity contribution in [1.29, 1.82) is 0 Å². The normalized spacial score (nSPS) is 13.1. The molecule has 0 aliphatic carbocycles. The highest BCUT2D eigenvalue weighted by Crippen LogP contribution is 2.34. The molecule has 9 nitrogen and oxygen atoms in total. The van der Waals surface area contributed by atoms with E-state index in [0.29, 0.717) is 17.7 Å². The third kappa shape index (κ3) is 8.56. The molecule has 212 valence electrons. The van der Waals surface area contributed by atoms with Gasteiger partial charge in [0.1, 0.15) is 17.7 Å². The molecule has 9 heteroatoms. The highest BCUT2D eigenvalue weighted by atomic mass is 16.6. The molecule has 0 fully saturated rings. The average Bonchev–Trinajstić information content (AvgIpc) is 2.82. The fourth-order valence-electron chi connectivity index (χ4n) is 4.17. The van der Waals surface area contributed by atoms with Crippen molar-refractivity contribution in [1.82, 2.24) is 10.2 Å². The second kappa shape index (κ2) is 12.8. The Hall–Kier alpha value is -3.88. The van der Waals surface area contributed by atoms with Gasteiger partial charge in [-0.15, -0.1) is 0 Å². The maximum Gasteiger partial charge on any atom is 0.408 e. The topological polar surface area (TPSA) is 131 Å². The molecule has 0 radical (unpaired) electrons. The van der Waals surface area contributed by atoms with Crippen molar-refractivity contribution < 1.29 is 23.9 Å². The van der Waals surface area contributed by atoms with E-state index in [4.69, 9.17) is 10.5 Å². The van der Waals surface area contributed by atoms with Gasteiger partial charge in [-0.25, -0.2) is 4.79 Å². The molecule has 2 rings (SSSR count). The molecule has 4 N–H and O–H groups in total. The SMILES string of the molecule is CCC(C)(C)N(C(=O)C(CC(N)=O)NC(=O)OC(C)(C)C)C(C(=O)Nc1ccccc1C)c1ccccc1C. The van der Waals surface area contributed by atoms with Crippen molar-refractivity contribution in [3.8, 4) is 0 Å². The van der Waals surface area contributed by atoms with Crippen LogP contribution in [0.2, 0.25) is 0 Å². The molecular weight excluding hydrogens is 496 g/mol. The van der Waals surface area contributed by atoms with Gasteiger partial charge in [-0.05, 0) is 77.6 Å². The quantitative estimate of drug-likeness (QED) is 0.401. The van der Waals surface area contributed by atoms with Gasteiger partial charge in [0.2, 0.25) is 11.8 Å². The summed E-state index contributed by atoms with van der Waals surface area (Å²) in [5.41, 5.74) is 6.69. The largest absolute Gasteiger partial charge is 0.444 e. The van der Waals surface area contributed by atoms with Gasteiger partial charge < -0.3 is 26.0 Å².